The van der Waals surface area contributed by atoms with Crippen molar-refractivity contribution in [3.8, 4) is 0 Å². The number of hydrogen-bond acceptors (Lipinski definition) is 2. The zero-order valence-corrected chi connectivity index (χ0v) is 13.3. The molecule has 0 aromatic carbocycles. The second kappa shape index (κ2) is 7.07. The van der Waals surface area contributed by atoms with Crippen molar-refractivity contribution < 1.29 is 13.6 Å². The normalized spacial score (nSPS) is 25.3. The fourth-order valence-corrected chi connectivity index (χ4v) is 2.89. The summed E-state index contributed by atoms with van der Waals surface area (Å²) in [6, 6.07) is -0.0773. The maximum Gasteiger partial charge on any atom is 0.319 e. The number of amides is 2. The van der Waals surface area contributed by atoms with Crippen LogP contribution in [0.1, 0.15) is 45.5 Å². The number of imidazole rings is 1. The fraction of sp³-hybridized carbons (Fsp3) is 0.733. The number of rotatable bonds is 4. The van der Waals surface area contributed by atoms with Crippen molar-refractivity contribution in [2.45, 2.75) is 52.2 Å². The van der Waals surface area contributed by atoms with E-state index in [1.54, 1.807) is 7.05 Å². The summed E-state index contributed by atoms with van der Waals surface area (Å²) >= 11 is 0. The van der Waals surface area contributed by atoms with E-state index in [9.17, 15) is 13.6 Å². The Morgan fingerprint density at radius 1 is 1.45 bits per heavy atom. The van der Waals surface area contributed by atoms with Gasteiger partial charge in [-0.25, -0.2) is 9.78 Å². The quantitative estimate of drug-likeness (QED) is 0.927. The summed E-state index contributed by atoms with van der Waals surface area (Å²) in [7, 11) is 1.59. The molecule has 124 valence electrons. The van der Waals surface area contributed by atoms with Gasteiger partial charge in [-0.1, -0.05) is 13.8 Å². The summed E-state index contributed by atoms with van der Waals surface area (Å²) in [5.41, 5.74) is 0. The molecule has 0 unspecified atom stereocenters. The average Bonchev–Trinajstić information content (AvgIpc) is 2.91. The Hall–Kier alpha value is -1.66. The highest BCUT2D eigenvalue weighted by atomic mass is 19.3. The summed E-state index contributed by atoms with van der Waals surface area (Å²) in [5, 5.41) is 2.99. The zero-order chi connectivity index (χ0) is 16.3. The van der Waals surface area contributed by atoms with E-state index in [2.05, 4.69) is 24.1 Å². The second-order valence-electron chi connectivity index (χ2n) is 6.30. The van der Waals surface area contributed by atoms with Gasteiger partial charge in [-0.3, -0.25) is 4.57 Å². The van der Waals surface area contributed by atoms with Crippen LogP contribution in [0.15, 0.2) is 12.4 Å². The zero-order valence-electron chi connectivity index (χ0n) is 13.3. The Bertz CT molecular complexity index is 505. The van der Waals surface area contributed by atoms with Crippen LogP contribution < -0.4 is 5.32 Å². The van der Waals surface area contributed by atoms with Crippen molar-refractivity contribution in [3.05, 3.63) is 18.2 Å². The molecule has 1 aromatic rings. The predicted octanol–water partition coefficient (Wildman–Crippen LogP) is 3.24. The Kier molecular flexibility index (Phi) is 5.37. The lowest BCUT2D eigenvalue weighted by atomic mass is 9.79. The maximum atomic E-state index is 12.8. The number of alkyl halides is 2. The summed E-state index contributed by atoms with van der Waals surface area (Å²) in [6.07, 6.45) is 5.57. The van der Waals surface area contributed by atoms with Gasteiger partial charge in [0.2, 0.25) is 0 Å². The van der Waals surface area contributed by atoms with Crippen molar-refractivity contribution in [2.24, 2.45) is 11.8 Å². The van der Waals surface area contributed by atoms with Gasteiger partial charge in [-0.05, 0) is 31.1 Å². The highest BCUT2D eigenvalue weighted by Gasteiger charge is 2.26. The van der Waals surface area contributed by atoms with Gasteiger partial charge in [0.15, 0.2) is 0 Å². The van der Waals surface area contributed by atoms with Crippen molar-refractivity contribution in [3.63, 3.8) is 0 Å². The molecule has 7 heteroatoms. The van der Waals surface area contributed by atoms with Crippen LogP contribution in [0.5, 0.6) is 0 Å². The molecule has 2 amide bonds. The molecule has 1 fully saturated rings. The fourth-order valence-electron chi connectivity index (χ4n) is 2.89. The molecule has 0 aliphatic heterocycles. The molecule has 1 aliphatic carbocycles. The molecule has 1 aromatic heterocycles. The first kappa shape index (κ1) is 16.7. The van der Waals surface area contributed by atoms with Gasteiger partial charge in [0, 0.05) is 25.5 Å². The molecule has 1 saturated carbocycles. The molecule has 1 N–H and O–H groups in total. The van der Waals surface area contributed by atoms with Crippen LogP contribution in [-0.2, 0) is 6.54 Å². The topological polar surface area (TPSA) is 50.2 Å². The van der Waals surface area contributed by atoms with Crippen molar-refractivity contribution in [1.82, 2.24) is 19.8 Å². The van der Waals surface area contributed by atoms with E-state index in [0.717, 1.165) is 23.8 Å². The van der Waals surface area contributed by atoms with Crippen LogP contribution in [0, 0.1) is 11.8 Å². The Morgan fingerprint density at radius 2 is 2.18 bits per heavy atom. The van der Waals surface area contributed by atoms with Gasteiger partial charge in [0.25, 0.3) is 0 Å². The predicted molar refractivity (Wildman–Crippen MR) is 79.4 cm³/mol. The lowest BCUT2D eigenvalue weighted by molar-refractivity contribution is 0.0650. The largest absolute Gasteiger partial charge is 0.335 e. The molecule has 1 aliphatic rings. The van der Waals surface area contributed by atoms with Crippen LogP contribution in [-0.4, -0.2) is 33.6 Å². The van der Waals surface area contributed by atoms with E-state index in [-0.39, 0.29) is 24.4 Å². The number of halogens is 2. The van der Waals surface area contributed by atoms with Gasteiger partial charge in [0.05, 0.1) is 6.54 Å². The summed E-state index contributed by atoms with van der Waals surface area (Å²) in [6.45, 7) is 1.85. The molecule has 0 spiro atoms. The van der Waals surface area contributed by atoms with Gasteiger partial charge in [0.1, 0.15) is 5.82 Å². The van der Waals surface area contributed by atoms with Gasteiger partial charge in [-0.15, -0.1) is 0 Å². The minimum atomic E-state index is -2.64. The Morgan fingerprint density at radius 3 is 2.82 bits per heavy atom. The Labute approximate surface area is 129 Å². The first-order valence-corrected chi connectivity index (χ1v) is 7.70. The standard InChI is InChI=1S/C15H24F2N4O/c1-10-4-5-12(8-11(10)2)19-15(22)20(3)9-13-18-6-7-21(13)14(16)17/h6-7,10-12,14H,4-5,8-9H2,1-3H3,(H,19,22)/t10-,11+,12-/m1/s1. The van der Waals surface area contributed by atoms with Crippen LogP contribution in [0.3, 0.4) is 0 Å². The number of carbonyl (C=O) groups excluding carboxylic acids is 1. The summed E-state index contributed by atoms with van der Waals surface area (Å²) < 4.78 is 26.3. The van der Waals surface area contributed by atoms with E-state index in [4.69, 9.17) is 0 Å². The van der Waals surface area contributed by atoms with Crippen LogP contribution in [0.4, 0.5) is 13.6 Å². The molecule has 0 bridgehead atoms. The number of aromatic nitrogens is 2. The molecule has 1 heterocycles. The van der Waals surface area contributed by atoms with Gasteiger partial charge < -0.3 is 10.2 Å². The third-order valence-corrected chi connectivity index (χ3v) is 4.61. The molecule has 0 saturated heterocycles. The number of hydrogen-bond donors (Lipinski definition) is 1. The summed E-state index contributed by atoms with van der Waals surface area (Å²) in [5.74, 6) is 1.45. The van der Waals surface area contributed by atoms with E-state index in [1.807, 2.05) is 0 Å². The van der Waals surface area contributed by atoms with Crippen molar-refractivity contribution in [2.75, 3.05) is 7.05 Å². The van der Waals surface area contributed by atoms with Crippen molar-refractivity contribution in [1.29, 1.82) is 0 Å². The highest BCUT2D eigenvalue weighted by molar-refractivity contribution is 5.74. The first-order valence-electron chi connectivity index (χ1n) is 7.70. The minimum absolute atomic E-state index is 0.0574. The maximum absolute atomic E-state index is 12.8. The molecular formula is C15H24F2N4O. The van der Waals surface area contributed by atoms with Gasteiger partial charge in [-0.2, -0.15) is 8.78 Å². The SMILES string of the molecule is C[C@@H]1CC[C@@H](NC(=O)N(C)Cc2nccn2C(F)F)C[C@@H]1C. The van der Waals surface area contributed by atoms with Crippen LogP contribution >= 0.6 is 0 Å². The number of urea groups is 1. The monoisotopic (exact) mass is 314 g/mol. The first-order chi connectivity index (χ1) is 10.4. The molecular weight excluding hydrogens is 290 g/mol. The molecule has 22 heavy (non-hydrogen) atoms. The molecule has 0 radical (unpaired) electrons. The number of nitrogens with zero attached hydrogens (tertiary/aromatic N) is 3. The number of nitrogens with one attached hydrogen (secondary N) is 1. The van der Waals surface area contributed by atoms with E-state index in [0.29, 0.717) is 11.8 Å². The van der Waals surface area contributed by atoms with E-state index < -0.39 is 6.55 Å². The van der Waals surface area contributed by atoms with E-state index in [1.165, 1.54) is 17.3 Å². The minimum Gasteiger partial charge on any atom is -0.335 e. The smallest absolute Gasteiger partial charge is 0.319 e. The van der Waals surface area contributed by atoms with Gasteiger partial charge >= 0.3 is 12.6 Å². The lowest BCUT2D eigenvalue weighted by Gasteiger charge is -2.33. The van der Waals surface area contributed by atoms with E-state index >= 15 is 0 Å². The number of carbonyl (C=O) groups is 1. The van der Waals surface area contributed by atoms with Crippen molar-refractivity contribution >= 4 is 6.03 Å². The lowest BCUT2D eigenvalue weighted by Crippen LogP contribution is -2.45. The molecule has 5 nitrogen and oxygen atoms in total. The summed E-state index contributed by atoms with van der Waals surface area (Å²) in [4.78, 5) is 17.5. The Balaban J connectivity index is 1.88. The average molecular weight is 314 g/mol. The third kappa shape index (κ3) is 3.96. The molecule has 3 atom stereocenters. The highest BCUT2D eigenvalue weighted by Crippen LogP contribution is 2.29. The second-order valence-corrected chi connectivity index (χ2v) is 6.30. The third-order valence-electron chi connectivity index (χ3n) is 4.61. The van der Waals surface area contributed by atoms with Crippen LogP contribution in [0.2, 0.25) is 0 Å². The molecule has 2 rings (SSSR count). The van der Waals surface area contributed by atoms with Crippen LogP contribution in [0.25, 0.3) is 0 Å².